The largest absolute Gasteiger partial charge is 0.494 e. The van der Waals surface area contributed by atoms with Gasteiger partial charge >= 0.3 is 0 Å². The van der Waals surface area contributed by atoms with E-state index in [1.54, 1.807) is 24.8 Å². The van der Waals surface area contributed by atoms with E-state index in [1.807, 2.05) is 12.3 Å². The molecular weight excluding hydrogens is 446 g/mol. The molecule has 0 amide bonds. The predicted molar refractivity (Wildman–Crippen MR) is 121 cm³/mol. The SMILES string of the molecule is CCN(C)CCc1c[nH]c2c(OC)cc(NS(=O)(=O)c3c(Cl)nc4sccn34)cc12. The number of H-pyrrole nitrogens is 1. The average molecular weight is 468 g/mol. The smallest absolute Gasteiger partial charge is 0.281 e. The number of methoxy groups -OCH3 is 1. The molecule has 2 N–H and O–H groups in total. The molecule has 0 radical (unpaired) electrons. The Morgan fingerprint density at radius 3 is 2.93 bits per heavy atom. The van der Waals surface area contributed by atoms with Crippen LogP contribution in [0.2, 0.25) is 5.15 Å². The number of likely N-dealkylation sites (N-methyl/N-ethyl adjacent to an activating group) is 1. The van der Waals surface area contributed by atoms with Crippen molar-refractivity contribution in [3.63, 3.8) is 0 Å². The maximum absolute atomic E-state index is 13.1. The second kappa shape index (κ2) is 8.10. The van der Waals surface area contributed by atoms with Gasteiger partial charge in [-0.25, -0.2) is 4.98 Å². The Balaban J connectivity index is 1.73. The fourth-order valence-electron chi connectivity index (χ4n) is 3.33. The fourth-order valence-corrected chi connectivity index (χ4v) is 5.83. The summed E-state index contributed by atoms with van der Waals surface area (Å²) in [6.45, 7) is 3.96. The van der Waals surface area contributed by atoms with Gasteiger partial charge in [-0.05, 0) is 31.6 Å². The number of anilines is 1. The predicted octanol–water partition coefficient (Wildman–Crippen LogP) is 3.83. The van der Waals surface area contributed by atoms with Gasteiger partial charge in [-0.3, -0.25) is 9.12 Å². The van der Waals surface area contributed by atoms with Gasteiger partial charge < -0.3 is 14.6 Å². The molecule has 0 saturated heterocycles. The summed E-state index contributed by atoms with van der Waals surface area (Å²) in [5.74, 6) is 0.556. The van der Waals surface area contributed by atoms with Gasteiger partial charge in [0.25, 0.3) is 10.0 Å². The molecule has 0 saturated carbocycles. The van der Waals surface area contributed by atoms with Crippen LogP contribution in [0.4, 0.5) is 5.69 Å². The molecule has 11 heteroatoms. The molecule has 4 rings (SSSR count). The minimum Gasteiger partial charge on any atom is -0.494 e. The number of fused-ring (bicyclic) bond motifs is 2. The van der Waals surface area contributed by atoms with Crippen molar-refractivity contribution in [2.24, 2.45) is 0 Å². The van der Waals surface area contributed by atoms with Gasteiger partial charge in [-0.15, -0.1) is 11.3 Å². The van der Waals surface area contributed by atoms with E-state index in [4.69, 9.17) is 16.3 Å². The van der Waals surface area contributed by atoms with Crippen LogP contribution in [0, 0.1) is 0 Å². The van der Waals surface area contributed by atoms with Crippen molar-refractivity contribution in [3.05, 3.63) is 40.6 Å². The molecule has 1 aromatic carbocycles. The molecule has 3 aromatic heterocycles. The molecule has 0 bridgehead atoms. The lowest BCUT2D eigenvalue weighted by atomic mass is 10.1. The molecule has 0 atom stereocenters. The minimum atomic E-state index is -3.97. The number of ether oxygens (including phenoxy) is 1. The molecule has 8 nitrogen and oxygen atoms in total. The van der Waals surface area contributed by atoms with E-state index >= 15 is 0 Å². The number of aromatic amines is 1. The van der Waals surface area contributed by atoms with Gasteiger partial charge in [0.15, 0.2) is 15.1 Å². The van der Waals surface area contributed by atoms with E-state index in [-0.39, 0.29) is 10.2 Å². The number of thiazole rings is 1. The number of benzene rings is 1. The molecule has 0 aliphatic rings. The van der Waals surface area contributed by atoms with E-state index < -0.39 is 10.0 Å². The Morgan fingerprint density at radius 1 is 1.40 bits per heavy atom. The van der Waals surface area contributed by atoms with Gasteiger partial charge in [0, 0.05) is 35.8 Å². The number of hydrogen-bond acceptors (Lipinski definition) is 6. The van der Waals surface area contributed by atoms with E-state index in [0.29, 0.717) is 16.4 Å². The molecular formula is C19H22ClN5O3S2. The second-order valence-corrected chi connectivity index (χ2v) is 9.76. The third kappa shape index (κ3) is 3.76. The normalized spacial score (nSPS) is 12.3. The summed E-state index contributed by atoms with van der Waals surface area (Å²) in [6.07, 6.45) is 4.40. The lowest BCUT2D eigenvalue weighted by molar-refractivity contribution is 0.358. The topological polar surface area (TPSA) is 91.7 Å². The number of nitrogens with zero attached hydrogens (tertiary/aromatic N) is 3. The summed E-state index contributed by atoms with van der Waals surface area (Å²) >= 11 is 7.44. The van der Waals surface area contributed by atoms with Crippen LogP contribution in [0.3, 0.4) is 0 Å². The van der Waals surface area contributed by atoms with Gasteiger partial charge in [-0.2, -0.15) is 8.42 Å². The second-order valence-electron chi connectivity index (χ2n) is 6.93. The van der Waals surface area contributed by atoms with E-state index in [2.05, 4.69) is 33.6 Å². The van der Waals surface area contributed by atoms with E-state index in [1.165, 1.54) is 15.7 Å². The zero-order valence-electron chi connectivity index (χ0n) is 16.8. The van der Waals surface area contributed by atoms with Crippen LogP contribution in [0.5, 0.6) is 5.75 Å². The van der Waals surface area contributed by atoms with Crippen molar-refractivity contribution >= 4 is 54.5 Å². The fraction of sp³-hybridized carbons (Fsp3) is 0.316. The summed E-state index contributed by atoms with van der Waals surface area (Å²) in [5, 5.41) is 2.52. The zero-order valence-corrected chi connectivity index (χ0v) is 19.2. The number of nitrogens with one attached hydrogen (secondary N) is 2. The highest BCUT2D eigenvalue weighted by Crippen LogP contribution is 2.34. The number of halogens is 1. The van der Waals surface area contributed by atoms with Crippen LogP contribution in [0.25, 0.3) is 15.9 Å². The molecule has 160 valence electrons. The maximum Gasteiger partial charge on any atom is 0.281 e. The molecule has 0 fully saturated rings. The van der Waals surface area contributed by atoms with Crippen molar-refractivity contribution < 1.29 is 13.2 Å². The molecule has 0 spiro atoms. The lowest BCUT2D eigenvalue weighted by Crippen LogP contribution is -2.20. The highest BCUT2D eigenvalue weighted by Gasteiger charge is 2.26. The van der Waals surface area contributed by atoms with E-state index in [9.17, 15) is 8.42 Å². The Kier molecular flexibility index (Phi) is 5.67. The number of sulfonamides is 1. The maximum atomic E-state index is 13.1. The molecule has 0 aliphatic heterocycles. The summed E-state index contributed by atoms with van der Waals surface area (Å²) in [4.78, 5) is 10.1. The summed E-state index contributed by atoms with van der Waals surface area (Å²) < 4.78 is 35.8. The van der Waals surface area contributed by atoms with Crippen molar-refractivity contribution in [3.8, 4) is 5.75 Å². The quantitative estimate of drug-likeness (QED) is 0.411. The van der Waals surface area contributed by atoms with Gasteiger partial charge in [0.2, 0.25) is 0 Å². The Hall–Kier alpha value is -2.27. The molecule has 3 heterocycles. The average Bonchev–Trinajstić information content (AvgIpc) is 3.39. The molecule has 0 aliphatic carbocycles. The van der Waals surface area contributed by atoms with Crippen LogP contribution in [0.1, 0.15) is 12.5 Å². The van der Waals surface area contributed by atoms with Crippen molar-refractivity contribution in [2.45, 2.75) is 18.4 Å². The molecule has 4 aromatic rings. The van der Waals surface area contributed by atoms with Gasteiger partial charge in [0.1, 0.15) is 5.75 Å². The summed E-state index contributed by atoms with van der Waals surface area (Å²) in [5.41, 5.74) is 2.31. The van der Waals surface area contributed by atoms with Crippen molar-refractivity contribution in [2.75, 3.05) is 32.0 Å². The Bertz CT molecular complexity index is 1310. The zero-order chi connectivity index (χ0) is 21.5. The number of aromatic nitrogens is 3. The van der Waals surface area contributed by atoms with E-state index in [0.717, 1.165) is 36.0 Å². The number of imidazole rings is 1. The first-order valence-corrected chi connectivity index (χ1v) is 12.1. The van der Waals surface area contributed by atoms with Gasteiger partial charge in [0.05, 0.1) is 18.3 Å². The van der Waals surface area contributed by atoms with Crippen LogP contribution >= 0.6 is 22.9 Å². The van der Waals surface area contributed by atoms with Crippen LogP contribution < -0.4 is 9.46 Å². The third-order valence-corrected chi connectivity index (χ3v) is 7.58. The first kappa shape index (κ1) is 21.0. The highest BCUT2D eigenvalue weighted by atomic mass is 35.5. The van der Waals surface area contributed by atoms with Crippen LogP contribution in [-0.4, -0.2) is 54.9 Å². The first-order chi connectivity index (χ1) is 14.3. The highest BCUT2D eigenvalue weighted by molar-refractivity contribution is 7.92. The Morgan fingerprint density at radius 2 is 2.20 bits per heavy atom. The third-order valence-electron chi connectivity index (χ3n) is 5.05. The van der Waals surface area contributed by atoms with Gasteiger partial charge in [-0.1, -0.05) is 18.5 Å². The summed E-state index contributed by atoms with van der Waals surface area (Å²) in [6, 6.07) is 3.46. The number of hydrogen-bond donors (Lipinski definition) is 2. The molecule has 30 heavy (non-hydrogen) atoms. The van der Waals surface area contributed by atoms with Crippen LogP contribution in [0.15, 0.2) is 34.9 Å². The Labute approximate surface area is 183 Å². The number of rotatable bonds is 8. The van der Waals surface area contributed by atoms with Crippen molar-refractivity contribution in [1.29, 1.82) is 0 Å². The van der Waals surface area contributed by atoms with Crippen molar-refractivity contribution in [1.82, 2.24) is 19.3 Å². The standard InChI is InChI=1S/C19H22ClN5O3S2/c1-4-24(2)6-5-12-11-21-16-14(12)9-13(10-15(16)28-3)23-30(26,27)18-17(20)22-19-25(18)7-8-29-19/h7-11,21,23H,4-6H2,1-3H3. The monoisotopic (exact) mass is 467 g/mol. The minimum absolute atomic E-state index is 0.0627. The van der Waals surface area contributed by atoms with Crippen LogP contribution in [-0.2, 0) is 16.4 Å². The lowest BCUT2D eigenvalue weighted by Gasteiger charge is -2.13. The summed E-state index contributed by atoms with van der Waals surface area (Å²) in [7, 11) is -0.344. The molecule has 0 unspecified atom stereocenters. The first-order valence-electron chi connectivity index (χ1n) is 9.34.